The van der Waals surface area contributed by atoms with E-state index in [4.69, 9.17) is 7.74 Å². The Bertz CT molecular complexity index is 54.0. The quantitative estimate of drug-likeness (QED) is 0.470. The molecule has 0 saturated carbocycles. The Morgan fingerprint density at radius 1 is 1.38 bits per heavy atom. The molecule has 0 aromatic heterocycles. The van der Waals surface area contributed by atoms with Gasteiger partial charge >= 0.3 is 0 Å². The molecular formula is C6H13B2. The summed E-state index contributed by atoms with van der Waals surface area (Å²) in [6.07, 6.45) is 2.22. The van der Waals surface area contributed by atoms with Gasteiger partial charge < -0.3 is 0 Å². The lowest BCUT2D eigenvalue weighted by Crippen LogP contribution is -2.05. The van der Waals surface area contributed by atoms with Gasteiger partial charge in [-0.15, -0.1) is 0 Å². The van der Waals surface area contributed by atoms with Crippen LogP contribution >= 0.6 is 0 Å². The Balaban J connectivity index is 3.11. The third-order valence-electron chi connectivity index (χ3n) is 1.06. The van der Waals surface area contributed by atoms with Crippen LogP contribution in [0.5, 0.6) is 0 Å². The first-order valence-corrected chi connectivity index (χ1v) is 3.10. The molecule has 0 aliphatic rings. The van der Waals surface area contributed by atoms with Crippen molar-refractivity contribution >= 4 is 14.9 Å². The molecule has 8 heavy (non-hydrogen) atoms. The van der Waals surface area contributed by atoms with Crippen molar-refractivity contribution in [3.8, 4) is 0 Å². The van der Waals surface area contributed by atoms with Gasteiger partial charge in [-0.05, 0) is 5.41 Å². The van der Waals surface area contributed by atoms with E-state index in [-0.39, 0.29) is 0 Å². The second-order valence-electron chi connectivity index (χ2n) is 3.34. The van der Waals surface area contributed by atoms with E-state index in [0.29, 0.717) is 5.41 Å². The van der Waals surface area contributed by atoms with E-state index in [1.165, 1.54) is 6.42 Å². The molecule has 43 valence electrons. The third kappa shape index (κ3) is 6.13. The monoisotopic (exact) mass is 107 g/mol. The molecule has 0 aliphatic carbocycles. The summed E-state index contributed by atoms with van der Waals surface area (Å²) in [5, 5.41) is 0. The third-order valence-corrected chi connectivity index (χ3v) is 1.06. The van der Waals surface area contributed by atoms with Crippen LogP contribution in [0.3, 0.4) is 0 Å². The lowest BCUT2D eigenvalue weighted by atomic mass is 9.52. The number of rotatable bonds is 2. The van der Waals surface area contributed by atoms with Crippen LogP contribution in [0, 0.1) is 5.41 Å². The fraction of sp³-hybridized carbons (Fsp3) is 1.00. The summed E-state index contributed by atoms with van der Waals surface area (Å²) in [6.45, 7) is 6.66. The van der Waals surface area contributed by atoms with Gasteiger partial charge in [-0.2, -0.15) is 0 Å². The molecule has 0 saturated heterocycles. The summed E-state index contributed by atoms with van der Waals surface area (Å²) >= 11 is 0. The fourth-order valence-corrected chi connectivity index (χ4v) is 0.516. The van der Waals surface area contributed by atoms with Crippen molar-refractivity contribution in [2.75, 3.05) is 0 Å². The van der Waals surface area contributed by atoms with E-state index in [9.17, 15) is 0 Å². The molecule has 0 aliphatic heterocycles. The van der Waals surface area contributed by atoms with Gasteiger partial charge in [-0.25, -0.2) is 0 Å². The molecule has 0 amide bonds. The van der Waals surface area contributed by atoms with E-state index in [2.05, 4.69) is 20.8 Å². The normalized spacial score (nSPS) is 11.4. The van der Waals surface area contributed by atoms with Gasteiger partial charge in [0.1, 0.15) is 0 Å². The second kappa shape index (κ2) is 3.21. The first-order chi connectivity index (χ1) is 3.56. The van der Waals surface area contributed by atoms with Crippen LogP contribution in [-0.2, 0) is 0 Å². The smallest absolute Gasteiger partial charge is 0.0545 e. The van der Waals surface area contributed by atoms with E-state index in [1.807, 2.05) is 0 Å². The van der Waals surface area contributed by atoms with Crippen molar-refractivity contribution in [3.05, 3.63) is 0 Å². The predicted octanol–water partition coefficient (Wildman–Crippen LogP) is 1.63. The van der Waals surface area contributed by atoms with E-state index >= 15 is 0 Å². The Kier molecular flexibility index (Phi) is 3.27. The maximum Gasteiger partial charge on any atom is 0.0545 e. The summed E-state index contributed by atoms with van der Waals surface area (Å²) < 4.78 is 0. The van der Waals surface area contributed by atoms with Crippen LogP contribution in [0.25, 0.3) is 0 Å². The first-order valence-electron chi connectivity index (χ1n) is 3.10. The molecule has 0 spiro atoms. The molecular weight excluding hydrogens is 93.7 g/mol. The molecule has 0 aromatic carbocycles. The lowest BCUT2D eigenvalue weighted by Gasteiger charge is -2.16. The topological polar surface area (TPSA) is 0 Å². The van der Waals surface area contributed by atoms with Crippen LogP contribution in [0.4, 0.5) is 0 Å². The highest BCUT2D eigenvalue weighted by molar-refractivity contribution is 6.89. The summed E-state index contributed by atoms with van der Waals surface area (Å²) in [4.78, 5) is 0. The minimum absolute atomic E-state index is 0.440. The molecule has 0 aromatic rings. The molecule has 0 fully saturated rings. The van der Waals surface area contributed by atoms with Crippen molar-refractivity contribution < 1.29 is 0 Å². The Morgan fingerprint density at radius 3 is 2.00 bits per heavy atom. The van der Waals surface area contributed by atoms with Crippen LogP contribution in [-0.4, -0.2) is 14.9 Å². The highest BCUT2D eigenvalue weighted by Crippen LogP contribution is 2.19. The maximum absolute atomic E-state index is 5.21. The highest BCUT2D eigenvalue weighted by Gasteiger charge is 2.07. The Morgan fingerprint density at radius 2 is 1.88 bits per heavy atom. The van der Waals surface area contributed by atoms with Crippen LogP contribution < -0.4 is 0 Å². The molecule has 0 nitrogen and oxygen atoms in total. The molecule has 0 heterocycles. The standard InChI is InChI=1S/C6H13B2/c1-6(2,3)4-5-8-7/h4-5H2,1-3H3. The van der Waals surface area contributed by atoms with E-state index in [0.717, 1.165) is 6.32 Å². The SMILES string of the molecule is [B][B]CCC(C)(C)C. The van der Waals surface area contributed by atoms with Crippen molar-refractivity contribution in [2.24, 2.45) is 5.41 Å². The summed E-state index contributed by atoms with van der Waals surface area (Å²) in [5.74, 6) is 0. The Labute approximate surface area is 54.7 Å². The average Bonchev–Trinajstić information content (AvgIpc) is 1.59. The largest absolute Gasteiger partial charge is 0.0890 e. The highest BCUT2D eigenvalue weighted by atomic mass is 14.1. The van der Waals surface area contributed by atoms with Crippen molar-refractivity contribution in [1.29, 1.82) is 0 Å². The summed E-state index contributed by atoms with van der Waals surface area (Å²) in [6, 6.07) is 0. The summed E-state index contributed by atoms with van der Waals surface area (Å²) in [5.41, 5.74) is 0.440. The maximum atomic E-state index is 5.21. The average molecular weight is 107 g/mol. The second-order valence-corrected chi connectivity index (χ2v) is 3.34. The zero-order valence-electron chi connectivity index (χ0n) is 6.07. The fourth-order valence-electron chi connectivity index (χ4n) is 0.516. The van der Waals surface area contributed by atoms with Gasteiger partial charge in [0.25, 0.3) is 0 Å². The Hall–Kier alpha value is 0.130. The van der Waals surface area contributed by atoms with E-state index in [1.54, 1.807) is 7.17 Å². The molecule has 0 bridgehead atoms. The number of hydrogen-bond donors (Lipinski definition) is 0. The lowest BCUT2D eigenvalue weighted by molar-refractivity contribution is 0.398. The molecule has 2 heteroatoms. The molecule has 0 atom stereocenters. The molecule has 0 rings (SSSR count). The van der Waals surface area contributed by atoms with Gasteiger partial charge in [0, 0.05) is 7.74 Å². The van der Waals surface area contributed by atoms with Crippen molar-refractivity contribution in [3.63, 3.8) is 0 Å². The van der Waals surface area contributed by atoms with Gasteiger partial charge in [0.15, 0.2) is 0 Å². The number of hydrogen-bond acceptors (Lipinski definition) is 0. The van der Waals surface area contributed by atoms with Crippen LogP contribution in [0.2, 0.25) is 6.32 Å². The van der Waals surface area contributed by atoms with E-state index < -0.39 is 0 Å². The minimum atomic E-state index is 0.440. The van der Waals surface area contributed by atoms with Crippen molar-refractivity contribution in [1.82, 2.24) is 0 Å². The van der Waals surface area contributed by atoms with Crippen LogP contribution in [0.15, 0.2) is 0 Å². The minimum Gasteiger partial charge on any atom is -0.0890 e. The van der Waals surface area contributed by atoms with Gasteiger partial charge in [-0.3, -0.25) is 0 Å². The van der Waals surface area contributed by atoms with Gasteiger partial charge in [0.2, 0.25) is 0 Å². The zero-order chi connectivity index (χ0) is 6.62. The first kappa shape index (κ1) is 8.13. The van der Waals surface area contributed by atoms with Crippen molar-refractivity contribution in [2.45, 2.75) is 33.5 Å². The predicted molar refractivity (Wildman–Crippen MR) is 40.4 cm³/mol. The molecule has 0 N–H and O–H groups in total. The zero-order valence-corrected chi connectivity index (χ0v) is 6.07. The molecule has 0 unspecified atom stereocenters. The summed E-state index contributed by atoms with van der Waals surface area (Å²) in [7, 11) is 6.94. The van der Waals surface area contributed by atoms with Gasteiger partial charge in [-0.1, -0.05) is 33.5 Å². The van der Waals surface area contributed by atoms with Gasteiger partial charge in [0.05, 0.1) is 7.17 Å². The molecule has 3 radical (unpaired) electrons. The van der Waals surface area contributed by atoms with Crippen LogP contribution in [0.1, 0.15) is 27.2 Å².